The van der Waals surface area contributed by atoms with Crippen molar-refractivity contribution >= 4 is 16.8 Å². The van der Waals surface area contributed by atoms with E-state index >= 15 is 0 Å². The Bertz CT molecular complexity index is 766. The number of hydrogen-bond donors (Lipinski definition) is 2. The van der Waals surface area contributed by atoms with Crippen molar-refractivity contribution in [2.24, 2.45) is 0 Å². The molecule has 2 N–H and O–H groups in total. The molecule has 0 aliphatic heterocycles. The first-order valence-electron chi connectivity index (χ1n) is 6.18. The monoisotopic (exact) mass is 269 g/mol. The van der Waals surface area contributed by atoms with Crippen LogP contribution in [0.25, 0.3) is 10.9 Å². The number of fused-ring (bicyclic) bond motifs is 1. The van der Waals surface area contributed by atoms with E-state index in [2.05, 4.69) is 15.5 Å². The molecule has 4 nitrogen and oxygen atoms in total. The smallest absolute Gasteiger partial charge is 0.251 e. The van der Waals surface area contributed by atoms with Crippen molar-refractivity contribution in [1.29, 1.82) is 0 Å². The second-order valence-electron chi connectivity index (χ2n) is 4.48. The van der Waals surface area contributed by atoms with Crippen LogP contribution in [0.2, 0.25) is 0 Å². The molecule has 0 spiro atoms. The Balaban J connectivity index is 1.71. The third kappa shape index (κ3) is 2.51. The third-order valence-electron chi connectivity index (χ3n) is 3.05. The highest BCUT2D eigenvalue weighted by atomic mass is 19.1. The lowest BCUT2D eigenvalue weighted by Gasteiger charge is -2.05. The molecule has 20 heavy (non-hydrogen) atoms. The Hall–Kier alpha value is -2.69. The zero-order valence-corrected chi connectivity index (χ0v) is 10.6. The van der Waals surface area contributed by atoms with E-state index in [9.17, 15) is 9.18 Å². The maximum atomic E-state index is 13.0. The van der Waals surface area contributed by atoms with Crippen molar-refractivity contribution in [3.63, 3.8) is 0 Å². The van der Waals surface area contributed by atoms with Gasteiger partial charge in [-0.2, -0.15) is 5.10 Å². The number of nitrogens with zero attached hydrogens (tertiary/aromatic N) is 1. The van der Waals surface area contributed by atoms with Gasteiger partial charge in [0, 0.05) is 17.5 Å². The standard InChI is InChI=1S/C15H12FN3O/c16-13-3-1-2-11(7-13)15(20)17-8-10-4-5-12-9-18-19-14(12)6-10/h1-7,9H,8H2,(H,17,20)(H,18,19). The van der Waals surface area contributed by atoms with Gasteiger partial charge in [-0.25, -0.2) is 4.39 Å². The minimum atomic E-state index is -0.420. The van der Waals surface area contributed by atoms with E-state index in [-0.39, 0.29) is 5.91 Å². The fourth-order valence-corrected chi connectivity index (χ4v) is 2.01. The van der Waals surface area contributed by atoms with Gasteiger partial charge < -0.3 is 5.32 Å². The number of amides is 1. The Morgan fingerprint density at radius 2 is 2.15 bits per heavy atom. The molecule has 0 bridgehead atoms. The number of carbonyl (C=O) groups excluding carboxylic acids is 1. The Kier molecular flexibility index (Phi) is 3.16. The van der Waals surface area contributed by atoms with Crippen LogP contribution in [-0.4, -0.2) is 16.1 Å². The summed E-state index contributed by atoms with van der Waals surface area (Å²) in [6, 6.07) is 11.4. The van der Waals surface area contributed by atoms with Crippen molar-refractivity contribution in [3.05, 3.63) is 65.6 Å². The summed E-state index contributed by atoms with van der Waals surface area (Å²) < 4.78 is 13.0. The average Bonchev–Trinajstić information content (AvgIpc) is 2.92. The Labute approximate surface area is 114 Å². The van der Waals surface area contributed by atoms with Crippen LogP contribution in [0.3, 0.4) is 0 Å². The molecule has 1 aromatic heterocycles. The molecular formula is C15H12FN3O. The predicted octanol–water partition coefficient (Wildman–Crippen LogP) is 2.63. The van der Waals surface area contributed by atoms with Gasteiger partial charge in [-0.1, -0.05) is 18.2 Å². The quantitative estimate of drug-likeness (QED) is 0.768. The molecule has 0 atom stereocenters. The summed E-state index contributed by atoms with van der Waals surface area (Å²) in [5, 5.41) is 10.6. The molecule has 1 amide bonds. The van der Waals surface area contributed by atoms with Gasteiger partial charge in [0.15, 0.2) is 0 Å². The van der Waals surface area contributed by atoms with Crippen LogP contribution in [0.15, 0.2) is 48.7 Å². The highest BCUT2D eigenvalue weighted by molar-refractivity contribution is 5.94. The average molecular weight is 269 g/mol. The number of rotatable bonds is 3. The molecule has 2 aromatic carbocycles. The highest BCUT2D eigenvalue weighted by Gasteiger charge is 2.06. The first-order chi connectivity index (χ1) is 9.72. The number of nitrogens with one attached hydrogen (secondary N) is 2. The highest BCUT2D eigenvalue weighted by Crippen LogP contribution is 2.12. The van der Waals surface area contributed by atoms with E-state index in [4.69, 9.17) is 0 Å². The normalized spacial score (nSPS) is 10.7. The largest absolute Gasteiger partial charge is 0.348 e. The molecule has 0 aliphatic carbocycles. The topological polar surface area (TPSA) is 57.8 Å². The van der Waals surface area contributed by atoms with Gasteiger partial charge in [0.25, 0.3) is 5.91 Å². The number of benzene rings is 2. The molecule has 100 valence electrons. The maximum absolute atomic E-state index is 13.0. The van der Waals surface area contributed by atoms with Gasteiger partial charge in [-0.05, 0) is 29.8 Å². The molecule has 0 fully saturated rings. The zero-order valence-electron chi connectivity index (χ0n) is 10.6. The minimum absolute atomic E-state index is 0.297. The molecule has 0 saturated heterocycles. The van der Waals surface area contributed by atoms with Crippen molar-refractivity contribution in [2.75, 3.05) is 0 Å². The number of aromatic nitrogens is 2. The molecule has 3 rings (SSSR count). The summed E-state index contributed by atoms with van der Waals surface area (Å²) in [6.07, 6.45) is 1.74. The van der Waals surface area contributed by atoms with E-state index in [1.807, 2.05) is 18.2 Å². The minimum Gasteiger partial charge on any atom is -0.348 e. The van der Waals surface area contributed by atoms with E-state index in [0.717, 1.165) is 16.5 Å². The molecule has 0 radical (unpaired) electrons. The number of halogens is 1. The van der Waals surface area contributed by atoms with Gasteiger partial charge >= 0.3 is 0 Å². The summed E-state index contributed by atoms with van der Waals surface area (Å²) in [6.45, 7) is 0.379. The molecule has 3 aromatic rings. The van der Waals surface area contributed by atoms with Crippen LogP contribution >= 0.6 is 0 Å². The summed E-state index contributed by atoms with van der Waals surface area (Å²) in [4.78, 5) is 11.9. The first-order valence-corrected chi connectivity index (χ1v) is 6.18. The number of hydrogen-bond acceptors (Lipinski definition) is 2. The van der Waals surface area contributed by atoms with Crippen LogP contribution in [0.5, 0.6) is 0 Å². The lowest BCUT2D eigenvalue weighted by atomic mass is 10.1. The van der Waals surface area contributed by atoms with Crippen LogP contribution in [0.4, 0.5) is 4.39 Å². The van der Waals surface area contributed by atoms with E-state index < -0.39 is 5.82 Å². The predicted molar refractivity (Wildman–Crippen MR) is 73.7 cm³/mol. The molecule has 5 heteroatoms. The number of H-pyrrole nitrogens is 1. The number of carbonyl (C=O) groups is 1. The van der Waals surface area contributed by atoms with E-state index in [1.165, 1.54) is 18.2 Å². The molecule has 0 unspecified atom stereocenters. The lowest BCUT2D eigenvalue weighted by Crippen LogP contribution is -2.22. The fraction of sp³-hybridized carbons (Fsp3) is 0.0667. The van der Waals surface area contributed by atoms with Gasteiger partial charge in [-0.3, -0.25) is 9.89 Å². The lowest BCUT2D eigenvalue weighted by molar-refractivity contribution is 0.0950. The van der Waals surface area contributed by atoms with Crippen molar-refractivity contribution in [1.82, 2.24) is 15.5 Å². The molecule has 0 aliphatic rings. The second kappa shape index (κ2) is 5.13. The molecule has 1 heterocycles. The van der Waals surface area contributed by atoms with Crippen LogP contribution in [-0.2, 0) is 6.54 Å². The molecular weight excluding hydrogens is 257 g/mol. The number of aromatic amines is 1. The van der Waals surface area contributed by atoms with Crippen molar-refractivity contribution in [2.45, 2.75) is 6.54 Å². The van der Waals surface area contributed by atoms with Crippen LogP contribution < -0.4 is 5.32 Å². The third-order valence-corrected chi connectivity index (χ3v) is 3.05. The summed E-state index contributed by atoms with van der Waals surface area (Å²) in [7, 11) is 0. The van der Waals surface area contributed by atoms with Gasteiger partial charge in [-0.15, -0.1) is 0 Å². The fourth-order valence-electron chi connectivity index (χ4n) is 2.01. The van der Waals surface area contributed by atoms with E-state index in [1.54, 1.807) is 12.3 Å². The SMILES string of the molecule is O=C(NCc1ccc2cn[nH]c2c1)c1cccc(F)c1. The Morgan fingerprint density at radius 3 is 3.00 bits per heavy atom. The van der Waals surface area contributed by atoms with E-state index in [0.29, 0.717) is 12.1 Å². The van der Waals surface area contributed by atoms with Crippen molar-refractivity contribution < 1.29 is 9.18 Å². The summed E-state index contributed by atoms with van der Waals surface area (Å²) in [5.74, 6) is -0.717. The zero-order chi connectivity index (χ0) is 13.9. The Morgan fingerprint density at radius 1 is 1.25 bits per heavy atom. The summed E-state index contributed by atoms with van der Waals surface area (Å²) in [5.41, 5.74) is 2.18. The summed E-state index contributed by atoms with van der Waals surface area (Å²) >= 11 is 0. The van der Waals surface area contributed by atoms with Gasteiger partial charge in [0.2, 0.25) is 0 Å². The second-order valence-corrected chi connectivity index (χ2v) is 4.48. The van der Waals surface area contributed by atoms with Crippen LogP contribution in [0.1, 0.15) is 15.9 Å². The van der Waals surface area contributed by atoms with Crippen molar-refractivity contribution in [3.8, 4) is 0 Å². The van der Waals surface area contributed by atoms with Gasteiger partial charge in [0.05, 0.1) is 11.7 Å². The van der Waals surface area contributed by atoms with Crippen LogP contribution in [0, 0.1) is 5.82 Å². The van der Waals surface area contributed by atoms with Gasteiger partial charge in [0.1, 0.15) is 5.82 Å². The first kappa shape index (κ1) is 12.3. The molecule has 0 saturated carbocycles. The maximum Gasteiger partial charge on any atom is 0.251 e.